The minimum Gasteiger partial charge on any atom is -0.340 e. The standard InChI is InChI=1S/C23H27N5O5S/c1-5-28(6-2)34(32,33)17-9-7-8-15(12-17)21(29)27-20(14(3)4)22(30)24-16-10-11-18-19(13-16)26-23(31)25-18/h7-14,20H,5-6H2,1-4H3,(H,24,30)(H,27,29)/t20-/m0/s1. The first-order valence-corrected chi connectivity index (χ1v) is 12.3. The zero-order valence-corrected chi connectivity index (χ0v) is 20.2. The van der Waals surface area contributed by atoms with E-state index in [0.717, 1.165) is 0 Å². The van der Waals surface area contributed by atoms with E-state index in [-0.39, 0.29) is 16.4 Å². The lowest BCUT2D eigenvalue weighted by molar-refractivity contribution is -0.118. The van der Waals surface area contributed by atoms with Crippen LogP contribution in [0.25, 0.3) is 0 Å². The van der Waals surface area contributed by atoms with E-state index in [1.54, 1.807) is 39.8 Å². The minimum absolute atomic E-state index is 0.0104. The van der Waals surface area contributed by atoms with Gasteiger partial charge in [0.15, 0.2) is 0 Å². The zero-order valence-electron chi connectivity index (χ0n) is 19.4. The molecule has 2 aromatic carbocycles. The van der Waals surface area contributed by atoms with Crippen molar-refractivity contribution in [1.29, 1.82) is 0 Å². The van der Waals surface area contributed by atoms with Gasteiger partial charge >= 0.3 is 6.03 Å². The molecule has 0 spiro atoms. The highest BCUT2D eigenvalue weighted by Gasteiger charge is 2.27. The Hall–Kier alpha value is -3.44. The highest BCUT2D eigenvalue weighted by Crippen LogP contribution is 2.17. The molecular weight excluding hydrogens is 458 g/mol. The van der Waals surface area contributed by atoms with E-state index in [1.807, 2.05) is 0 Å². The molecule has 0 radical (unpaired) electrons. The third-order valence-electron chi connectivity index (χ3n) is 5.35. The third kappa shape index (κ3) is 5.37. The number of urea groups is 1. The van der Waals surface area contributed by atoms with Gasteiger partial charge < -0.3 is 10.6 Å². The molecule has 3 rings (SSSR count). The third-order valence-corrected chi connectivity index (χ3v) is 7.40. The van der Waals surface area contributed by atoms with Gasteiger partial charge in [0.2, 0.25) is 15.9 Å². The smallest absolute Gasteiger partial charge is 0.340 e. The zero-order chi connectivity index (χ0) is 25.0. The number of rotatable bonds is 9. The summed E-state index contributed by atoms with van der Waals surface area (Å²) in [6, 6.07) is 8.93. The maximum atomic E-state index is 12.9. The van der Waals surface area contributed by atoms with Crippen LogP contribution in [0.2, 0.25) is 0 Å². The first-order valence-electron chi connectivity index (χ1n) is 10.9. The van der Waals surface area contributed by atoms with Crippen LogP contribution in [-0.2, 0) is 14.8 Å². The summed E-state index contributed by atoms with van der Waals surface area (Å²) in [5.74, 6) is -1.29. The number of sulfonamides is 1. The number of hydrogen-bond acceptors (Lipinski definition) is 5. The van der Waals surface area contributed by atoms with E-state index < -0.39 is 33.9 Å². The second-order valence-electron chi connectivity index (χ2n) is 8.01. The number of fused-ring (bicyclic) bond motifs is 1. The lowest BCUT2D eigenvalue weighted by atomic mass is 10.0. The number of carbonyl (C=O) groups is 3. The van der Waals surface area contributed by atoms with Crippen LogP contribution in [0, 0.1) is 5.92 Å². The SMILES string of the molecule is CCN(CC)S(=O)(=O)c1cccc(C(=O)N[C@H](C(=O)Nc2ccc3c(c2)=NC(=O)N=3)C(C)C)c1. The Kier molecular flexibility index (Phi) is 7.57. The number of hydrogen-bond donors (Lipinski definition) is 2. The molecule has 0 aliphatic carbocycles. The Balaban J connectivity index is 1.79. The Morgan fingerprint density at radius 2 is 1.68 bits per heavy atom. The molecule has 1 aliphatic heterocycles. The summed E-state index contributed by atoms with van der Waals surface area (Å²) in [5, 5.41) is 6.20. The number of nitrogens with zero attached hydrogens (tertiary/aromatic N) is 3. The summed E-state index contributed by atoms with van der Waals surface area (Å²) < 4.78 is 26.9. The molecule has 0 bridgehead atoms. The molecule has 4 amide bonds. The molecule has 2 N–H and O–H groups in total. The number of nitrogens with one attached hydrogen (secondary N) is 2. The molecule has 0 aromatic heterocycles. The summed E-state index contributed by atoms with van der Waals surface area (Å²) in [4.78, 5) is 44.7. The fraction of sp³-hybridized carbons (Fsp3) is 0.348. The molecule has 0 fully saturated rings. The van der Waals surface area contributed by atoms with E-state index in [0.29, 0.717) is 29.5 Å². The number of benzene rings is 2. The van der Waals surface area contributed by atoms with Crippen molar-refractivity contribution in [2.75, 3.05) is 18.4 Å². The maximum absolute atomic E-state index is 12.9. The average molecular weight is 486 g/mol. The van der Waals surface area contributed by atoms with Crippen LogP contribution in [0.15, 0.2) is 57.3 Å². The normalized spacial score (nSPS) is 13.8. The number of carbonyl (C=O) groups excluding carboxylic acids is 3. The molecule has 0 unspecified atom stereocenters. The van der Waals surface area contributed by atoms with Crippen molar-refractivity contribution in [2.24, 2.45) is 15.9 Å². The minimum atomic E-state index is -3.73. The first-order chi connectivity index (χ1) is 16.1. The van der Waals surface area contributed by atoms with E-state index in [9.17, 15) is 22.8 Å². The van der Waals surface area contributed by atoms with Gasteiger partial charge in [-0.05, 0) is 42.3 Å². The van der Waals surface area contributed by atoms with E-state index in [2.05, 4.69) is 20.6 Å². The Labute approximate surface area is 197 Å². The highest BCUT2D eigenvalue weighted by molar-refractivity contribution is 7.89. The summed E-state index contributed by atoms with van der Waals surface area (Å²) in [5.41, 5.74) is 0.535. The molecule has 11 heteroatoms. The molecule has 1 aliphatic rings. The van der Waals surface area contributed by atoms with Gasteiger partial charge in [-0.25, -0.2) is 13.2 Å². The summed E-state index contributed by atoms with van der Waals surface area (Å²) in [6.07, 6.45) is 0. The van der Waals surface area contributed by atoms with Gasteiger partial charge in [-0.2, -0.15) is 14.3 Å². The highest BCUT2D eigenvalue weighted by atomic mass is 32.2. The van der Waals surface area contributed by atoms with Gasteiger partial charge in [0.1, 0.15) is 6.04 Å². The van der Waals surface area contributed by atoms with Crippen LogP contribution in [0.5, 0.6) is 0 Å². The molecule has 180 valence electrons. The van der Waals surface area contributed by atoms with Crippen molar-refractivity contribution >= 4 is 33.6 Å². The quantitative estimate of drug-likeness (QED) is 0.554. The van der Waals surface area contributed by atoms with E-state index in [1.165, 1.54) is 34.6 Å². The fourth-order valence-electron chi connectivity index (χ4n) is 3.51. The molecule has 1 atom stereocenters. The molecule has 0 saturated heterocycles. The Morgan fingerprint density at radius 1 is 1.00 bits per heavy atom. The van der Waals surface area contributed by atoms with Crippen molar-refractivity contribution in [3.05, 3.63) is 58.7 Å². The Morgan fingerprint density at radius 3 is 2.32 bits per heavy atom. The Bertz CT molecular complexity index is 1350. The summed E-state index contributed by atoms with van der Waals surface area (Å²) in [6.45, 7) is 7.66. The van der Waals surface area contributed by atoms with Gasteiger partial charge in [-0.3, -0.25) is 9.59 Å². The lowest BCUT2D eigenvalue weighted by Crippen LogP contribution is -2.47. The molecule has 34 heavy (non-hydrogen) atoms. The number of amides is 4. The largest absolute Gasteiger partial charge is 0.368 e. The molecule has 1 heterocycles. The van der Waals surface area contributed by atoms with Gasteiger partial charge in [0, 0.05) is 24.3 Å². The monoisotopic (exact) mass is 485 g/mol. The maximum Gasteiger partial charge on any atom is 0.368 e. The predicted octanol–water partition coefficient (Wildman–Crippen LogP) is 1.48. The van der Waals surface area contributed by atoms with Gasteiger partial charge in [0.05, 0.1) is 15.6 Å². The van der Waals surface area contributed by atoms with Crippen LogP contribution >= 0.6 is 0 Å². The van der Waals surface area contributed by atoms with Crippen LogP contribution in [0.1, 0.15) is 38.1 Å². The van der Waals surface area contributed by atoms with Crippen LogP contribution in [-0.4, -0.2) is 49.7 Å². The van der Waals surface area contributed by atoms with Crippen molar-refractivity contribution in [1.82, 2.24) is 9.62 Å². The van der Waals surface area contributed by atoms with E-state index >= 15 is 0 Å². The average Bonchev–Trinajstić information content (AvgIpc) is 3.17. The molecule has 0 saturated carbocycles. The molecular formula is C23H27N5O5S. The summed E-state index contributed by atoms with van der Waals surface area (Å²) >= 11 is 0. The van der Waals surface area contributed by atoms with Crippen molar-refractivity contribution in [3.63, 3.8) is 0 Å². The second kappa shape index (κ2) is 10.2. The fourth-order valence-corrected chi connectivity index (χ4v) is 5.01. The lowest BCUT2D eigenvalue weighted by Gasteiger charge is -2.22. The van der Waals surface area contributed by atoms with Crippen molar-refractivity contribution < 1.29 is 22.8 Å². The molecule has 2 aromatic rings. The topological polar surface area (TPSA) is 137 Å². The first kappa shape index (κ1) is 25.2. The van der Waals surface area contributed by atoms with Crippen LogP contribution in [0.3, 0.4) is 0 Å². The van der Waals surface area contributed by atoms with Gasteiger partial charge in [-0.15, -0.1) is 0 Å². The number of anilines is 1. The van der Waals surface area contributed by atoms with Crippen molar-refractivity contribution in [3.8, 4) is 0 Å². The second-order valence-corrected chi connectivity index (χ2v) is 9.95. The van der Waals surface area contributed by atoms with Crippen LogP contribution < -0.4 is 21.3 Å². The molecule has 10 nitrogen and oxygen atoms in total. The van der Waals surface area contributed by atoms with Gasteiger partial charge in [-0.1, -0.05) is 33.8 Å². The summed E-state index contributed by atoms with van der Waals surface area (Å²) in [7, 11) is -3.73. The van der Waals surface area contributed by atoms with Gasteiger partial charge in [0.25, 0.3) is 5.91 Å². The van der Waals surface area contributed by atoms with Crippen LogP contribution in [0.4, 0.5) is 10.5 Å². The predicted molar refractivity (Wildman–Crippen MR) is 125 cm³/mol. The van der Waals surface area contributed by atoms with Crippen molar-refractivity contribution in [2.45, 2.75) is 38.6 Å². The van der Waals surface area contributed by atoms with E-state index in [4.69, 9.17) is 0 Å².